The molecule has 1 unspecified atom stereocenters. The highest BCUT2D eigenvalue weighted by Gasteiger charge is 2.62. The molecule has 5 aliphatic heterocycles. The molecule has 7 rings (SSSR count). The fraction of sp³-hybridized carbons (Fsp3) is 0.667. The molecule has 2 bridgehead atoms. The number of piperidine rings is 4. The standard InChI is InChI=1S/C21H25F2N3O/c22-13-5-12(6-14(23)7-13)17-10-26(21(27)18-15-8-24-9-16(15)18)19-11-1-3-25(4-2-11)20(17)19/h5-7,11,15-20,24H,1-4,8-10H2/t15-,16+,17-,18?,19+,20+/m0/s1. The molecule has 4 nitrogen and oxygen atoms in total. The van der Waals surface area contributed by atoms with E-state index in [1.165, 1.54) is 12.1 Å². The molecule has 6 aliphatic rings. The van der Waals surface area contributed by atoms with Crippen LogP contribution in [0.3, 0.4) is 0 Å². The molecule has 6 fully saturated rings. The van der Waals surface area contributed by atoms with Crippen LogP contribution in [-0.2, 0) is 4.79 Å². The number of amides is 1. The second-order valence-corrected chi connectivity index (χ2v) is 9.17. The maximum absolute atomic E-state index is 13.9. The van der Waals surface area contributed by atoms with Gasteiger partial charge in [-0.3, -0.25) is 9.69 Å². The maximum atomic E-state index is 13.9. The van der Waals surface area contributed by atoms with E-state index >= 15 is 0 Å². The monoisotopic (exact) mass is 373 g/mol. The minimum Gasteiger partial charge on any atom is -0.337 e. The highest BCUT2D eigenvalue weighted by Crippen LogP contribution is 2.53. The van der Waals surface area contributed by atoms with Crippen molar-refractivity contribution in [3.63, 3.8) is 0 Å². The summed E-state index contributed by atoms with van der Waals surface area (Å²) in [5, 5.41) is 3.37. The van der Waals surface area contributed by atoms with Gasteiger partial charge >= 0.3 is 0 Å². The first kappa shape index (κ1) is 16.4. The van der Waals surface area contributed by atoms with Crippen molar-refractivity contribution in [1.82, 2.24) is 15.1 Å². The van der Waals surface area contributed by atoms with E-state index in [4.69, 9.17) is 0 Å². The van der Waals surface area contributed by atoms with E-state index in [0.29, 0.717) is 35.8 Å². The summed E-state index contributed by atoms with van der Waals surface area (Å²) in [7, 11) is 0. The van der Waals surface area contributed by atoms with Crippen LogP contribution in [0.5, 0.6) is 0 Å². The van der Waals surface area contributed by atoms with Gasteiger partial charge in [-0.15, -0.1) is 0 Å². The van der Waals surface area contributed by atoms with Crippen LogP contribution in [-0.4, -0.2) is 60.5 Å². The van der Waals surface area contributed by atoms with E-state index in [9.17, 15) is 13.6 Å². The van der Waals surface area contributed by atoms with Crippen molar-refractivity contribution in [2.75, 3.05) is 32.7 Å². The number of rotatable bonds is 2. The van der Waals surface area contributed by atoms with Crippen molar-refractivity contribution in [2.24, 2.45) is 23.7 Å². The van der Waals surface area contributed by atoms with E-state index in [2.05, 4.69) is 15.1 Å². The number of halogens is 2. The molecule has 1 N–H and O–H groups in total. The van der Waals surface area contributed by atoms with Crippen LogP contribution in [0.15, 0.2) is 18.2 Å². The number of carbonyl (C=O) groups is 1. The zero-order valence-corrected chi connectivity index (χ0v) is 15.3. The number of hydrogen-bond acceptors (Lipinski definition) is 3. The van der Waals surface area contributed by atoms with Crippen molar-refractivity contribution in [2.45, 2.75) is 30.8 Å². The van der Waals surface area contributed by atoms with Crippen LogP contribution >= 0.6 is 0 Å². The predicted molar refractivity (Wildman–Crippen MR) is 96.0 cm³/mol. The second-order valence-electron chi connectivity index (χ2n) is 9.17. The van der Waals surface area contributed by atoms with Crippen LogP contribution in [0.2, 0.25) is 0 Å². The van der Waals surface area contributed by atoms with E-state index in [1.807, 2.05) is 0 Å². The van der Waals surface area contributed by atoms with Crippen molar-refractivity contribution >= 4 is 5.91 Å². The van der Waals surface area contributed by atoms with Crippen LogP contribution in [0, 0.1) is 35.3 Å². The minimum atomic E-state index is -0.523. The van der Waals surface area contributed by atoms with Gasteiger partial charge in [0.2, 0.25) is 5.91 Å². The van der Waals surface area contributed by atoms with Gasteiger partial charge in [0.15, 0.2) is 0 Å². The lowest BCUT2D eigenvalue weighted by Crippen LogP contribution is -2.61. The van der Waals surface area contributed by atoms with Crippen molar-refractivity contribution in [3.8, 4) is 0 Å². The first-order valence-electron chi connectivity index (χ1n) is 10.3. The first-order valence-corrected chi connectivity index (χ1v) is 10.3. The molecule has 144 valence electrons. The Kier molecular flexibility index (Phi) is 3.49. The van der Waals surface area contributed by atoms with Crippen molar-refractivity contribution in [3.05, 3.63) is 35.4 Å². The molecular weight excluding hydrogens is 348 g/mol. The summed E-state index contributed by atoms with van der Waals surface area (Å²) >= 11 is 0. The molecule has 5 heterocycles. The number of fused-ring (bicyclic) bond motifs is 3. The summed E-state index contributed by atoms with van der Waals surface area (Å²) in [6, 6.07) is 4.30. The Bertz CT molecular complexity index is 763. The smallest absolute Gasteiger partial charge is 0.226 e. The first-order chi connectivity index (χ1) is 13.1. The molecule has 6 heteroatoms. The lowest BCUT2D eigenvalue weighted by Gasteiger charge is -2.51. The molecule has 1 aliphatic carbocycles. The molecule has 1 saturated carbocycles. The molecule has 0 spiro atoms. The number of nitrogens with zero attached hydrogens (tertiary/aromatic N) is 2. The van der Waals surface area contributed by atoms with Gasteiger partial charge in [0.25, 0.3) is 0 Å². The molecule has 0 radical (unpaired) electrons. The van der Waals surface area contributed by atoms with Crippen LogP contribution in [0.1, 0.15) is 24.3 Å². The summed E-state index contributed by atoms with van der Waals surface area (Å²) in [4.78, 5) is 18.0. The average molecular weight is 373 g/mol. The maximum Gasteiger partial charge on any atom is 0.226 e. The van der Waals surface area contributed by atoms with Gasteiger partial charge in [-0.2, -0.15) is 0 Å². The number of hydrogen-bond donors (Lipinski definition) is 1. The predicted octanol–water partition coefficient (Wildman–Crippen LogP) is 1.82. The highest BCUT2D eigenvalue weighted by atomic mass is 19.1. The molecule has 0 aromatic heterocycles. The third-order valence-electron chi connectivity index (χ3n) is 7.97. The normalized spacial score (nSPS) is 44.3. The van der Waals surface area contributed by atoms with Crippen molar-refractivity contribution < 1.29 is 13.6 Å². The Morgan fingerprint density at radius 2 is 1.67 bits per heavy atom. The Morgan fingerprint density at radius 1 is 1.00 bits per heavy atom. The highest BCUT2D eigenvalue weighted by molar-refractivity contribution is 5.83. The zero-order chi connectivity index (χ0) is 18.3. The summed E-state index contributed by atoms with van der Waals surface area (Å²) in [6.45, 7) is 4.60. The lowest BCUT2D eigenvalue weighted by atomic mass is 9.75. The van der Waals surface area contributed by atoms with E-state index < -0.39 is 11.6 Å². The average Bonchev–Trinajstić information content (AvgIpc) is 3.02. The molecule has 1 amide bonds. The molecular formula is C21H25F2N3O. The third kappa shape index (κ3) is 2.35. The van der Waals surface area contributed by atoms with Crippen LogP contribution in [0.4, 0.5) is 8.78 Å². The van der Waals surface area contributed by atoms with E-state index in [1.54, 1.807) is 0 Å². The minimum absolute atomic E-state index is 0.00367. The molecule has 5 saturated heterocycles. The topological polar surface area (TPSA) is 35.6 Å². The van der Waals surface area contributed by atoms with Gasteiger partial charge in [-0.1, -0.05) is 0 Å². The Balaban J connectivity index is 1.35. The Hall–Kier alpha value is -1.53. The molecule has 6 atom stereocenters. The summed E-state index contributed by atoms with van der Waals surface area (Å²) in [5.41, 5.74) is 0.711. The van der Waals surface area contributed by atoms with Gasteiger partial charge in [0.05, 0.1) is 6.04 Å². The molecule has 1 aromatic rings. The second kappa shape index (κ2) is 5.74. The summed E-state index contributed by atoms with van der Waals surface area (Å²) < 4.78 is 27.8. The van der Waals surface area contributed by atoms with Gasteiger partial charge in [-0.25, -0.2) is 8.78 Å². The molecule has 1 aromatic carbocycles. The number of likely N-dealkylation sites (tertiary alicyclic amines) is 1. The van der Waals surface area contributed by atoms with Crippen LogP contribution < -0.4 is 5.32 Å². The summed E-state index contributed by atoms with van der Waals surface area (Å²) in [6.07, 6.45) is 2.27. The quantitative estimate of drug-likeness (QED) is 0.859. The Morgan fingerprint density at radius 3 is 2.33 bits per heavy atom. The fourth-order valence-electron chi connectivity index (χ4n) is 6.73. The van der Waals surface area contributed by atoms with E-state index in [0.717, 1.165) is 45.1 Å². The van der Waals surface area contributed by atoms with Crippen LogP contribution in [0.25, 0.3) is 0 Å². The fourth-order valence-corrected chi connectivity index (χ4v) is 6.73. The largest absolute Gasteiger partial charge is 0.337 e. The third-order valence-corrected chi connectivity index (χ3v) is 7.97. The summed E-state index contributed by atoms with van der Waals surface area (Å²) in [5.74, 6) is 0.966. The number of nitrogens with one attached hydrogen (secondary N) is 1. The zero-order valence-electron chi connectivity index (χ0n) is 15.3. The van der Waals surface area contributed by atoms with Gasteiger partial charge in [0, 0.05) is 30.5 Å². The number of carbonyl (C=O) groups excluding carboxylic acids is 1. The van der Waals surface area contributed by atoms with Gasteiger partial charge < -0.3 is 10.2 Å². The van der Waals surface area contributed by atoms with E-state index in [-0.39, 0.29) is 23.9 Å². The Labute approximate surface area is 157 Å². The lowest BCUT2D eigenvalue weighted by molar-refractivity contribution is -0.138. The van der Waals surface area contributed by atoms with Gasteiger partial charge in [0.1, 0.15) is 11.6 Å². The van der Waals surface area contributed by atoms with Gasteiger partial charge in [-0.05, 0) is 74.5 Å². The SMILES string of the molecule is O=C(C1[C@H]2CNC[C@@H]12)N1C[C@@H](c2cc(F)cc(F)c2)[C@@H]2[C@H]1C1CCN2CC1. The van der Waals surface area contributed by atoms with Crippen molar-refractivity contribution in [1.29, 1.82) is 0 Å². The molecule has 27 heavy (non-hydrogen) atoms. The number of benzene rings is 1.